The molecule has 2 aromatic carbocycles. The van der Waals surface area contributed by atoms with E-state index in [0.29, 0.717) is 5.56 Å². The summed E-state index contributed by atoms with van der Waals surface area (Å²) < 4.78 is 27.2. The Morgan fingerprint density at radius 3 is 2.12 bits per heavy atom. The molecule has 2 heterocycles. The number of aryl methyl sites for hydroxylation is 1. The Hall–Kier alpha value is -3.25. The van der Waals surface area contributed by atoms with Gasteiger partial charge in [-0.3, -0.25) is 4.79 Å². The van der Waals surface area contributed by atoms with Crippen molar-refractivity contribution < 1.29 is 74.4 Å². The van der Waals surface area contributed by atoms with Crippen LogP contribution in [0.4, 0.5) is 0 Å². The van der Waals surface area contributed by atoms with Gasteiger partial charge in [0.2, 0.25) is 6.29 Å². The summed E-state index contributed by atoms with van der Waals surface area (Å²) in [5, 5.41) is 92.3. The summed E-state index contributed by atoms with van der Waals surface area (Å²) in [6.07, 6.45) is -15.5. The Labute approximate surface area is 245 Å². The van der Waals surface area contributed by atoms with Gasteiger partial charge < -0.3 is 69.6 Å². The van der Waals surface area contributed by atoms with Crippen molar-refractivity contribution in [2.24, 2.45) is 0 Å². The van der Waals surface area contributed by atoms with Crippen LogP contribution in [-0.4, -0.2) is 127 Å². The molecule has 15 heteroatoms. The summed E-state index contributed by atoms with van der Waals surface area (Å²) >= 11 is 0. The number of ether oxygens (including phenoxy) is 5. The number of methoxy groups -OCH3 is 1. The quantitative estimate of drug-likeness (QED) is 0.141. The second kappa shape index (κ2) is 13.6. The number of phenolic OH excluding ortho intramolecular Hbond substituents is 3. The maximum atomic E-state index is 12.9. The van der Waals surface area contributed by atoms with E-state index in [1.807, 2.05) is 0 Å². The van der Waals surface area contributed by atoms with Gasteiger partial charge in [-0.15, -0.1) is 0 Å². The Morgan fingerprint density at radius 2 is 1.51 bits per heavy atom. The third-order valence-corrected chi connectivity index (χ3v) is 7.41. The number of aromatic hydroxyl groups is 3. The zero-order valence-electron chi connectivity index (χ0n) is 23.3. The van der Waals surface area contributed by atoms with Crippen molar-refractivity contribution in [1.29, 1.82) is 0 Å². The fraction of sp³-hybridized carbons (Fsp3) is 0.536. The molecule has 0 spiro atoms. The van der Waals surface area contributed by atoms with Crippen molar-refractivity contribution in [3.63, 3.8) is 0 Å². The van der Waals surface area contributed by atoms with Crippen LogP contribution in [0.5, 0.6) is 28.7 Å². The SMILES string of the molecule is COc1ccc(CCC(=O)c2c(O)cc(O[C@@H]3OC(CO)[C@@H](O)[C@H](O)C3O[C@@H]3OC(C)[C@H](O)[C@H](O)C3O)cc2O)cc1O. The number of Topliss-reactive ketones (excluding diaryl/α,β-unsaturated/α-hetero) is 1. The second-order valence-corrected chi connectivity index (χ2v) is 10.4. The molecule has 0 aliphatic carbocycles. The van der Waals surface area contributed by atoms with Crippen LogP contribution in [-0.2, 0) is 20.6 Å². The van der Waals surface area contributed by atoms with Crippen LogP contribution in [0.15, 0.2) is 30.3 Å². The van der Waals surface area contributed by atoms with Crippen LogP contribution in [0, 0.1) is 0 Å². The summed E-state index contributed by atoms with van der Waals surface area (Å²) in [5.41, 5.74) is 0.208. The van der Waals surface area contributed by atoms with E-state index in [4.69, 9.17) is 23.7 Å². The lowest BCUT2D eigenvalue weighted by molar-refractivity contribution is -0.354. The summed E-state index contributed by atoms with van der Waals surface area (Å²) in [6, 6.07) is 6.59. The van der Waals surface area contributed by atoms with Crippen LogP contribution in [0.3, 0.4) is 0 Å². The van der Waals surface area contributed by atoms with Crippen molar-refractivity contribution in [2.75, 3.05) is 13.7 Å². The average Bonchev–Trinajstić information content (AvgIpc) is 2.96. The molecule has 9 N–H and O–H groups in total. The maximum Gasteiger partial charge on any atom is 0.229 e. The number of hydrogen-bond donors (Lipinski definition) is 9. The van der Waals surface area contributed by atoms with E-state index in [1.165, 1.54) is 26.2 Å². The Morgan fingerprint density at radius 1 is 0.837 bits per heavy atom. The van der Waals surface area contributed by atoms with Crippen molar-refractivity contribution in [1.82, 2.24) is 0 Å². The molecular weight excluding hydrogens is 576 g/mol. The van der Waals surface area contributed by atoms with Gasteiger partial charge in [-0.25, -0.2) is 0 Å². The molecule has 4 rings (SSSR count). The van der Waals surface area contributed by atoms with Gasteiger partial charge in [-0.1, -0.05) is 6.07 Å². The van der Waals surface area contributed by atoms with Gasteiger partial charge in [0.25, 0.3) is 0 Å². The van der Waals surface area contributed by atoms with Gasteiger partial charge in [0.1, 0.15) is 59.4 Å². The number of benzene rings is 2. The number of rotatable bonds is 10. The van der Waals surface area contributed by atoms with Crippen molar-refractivity contribution in [3.05, 3.63) is 41.5 Å². The second-order valence-electron chi connectivity index (χ2n) is 10.4. The number of phenols is 3. The predicted octanol–water partition coefficient (Wildman–Crippen LogP) is -1.34. The lowest BCUT2D eigenvalue weighted by atomic mass is 9.97. The van der Waals surface area contributed by atoms with E-state index in [9.17, 15) is 50.8 Å². The molecule has 2 aromatic rings. The number of aliphatic hydroxyl groups excluding tert-OH is 6. The zero-order valence-corrected chi connectivity index (χ0v) is 23.3. The lowest BCUT2D eigenvalue weighted by Gasteiger charge is -2.45. The normalized spacial score (nSPS) is 32.7. The summed E-state index contributed by atoms with van der Waals surface area (Å²) in [7, 11) is 1.40. The van der Waals surface area contributed by atoms with Gasteiger partial charge in [-0.05, 0) is 31.0 Å². The minimum atomic E-state index is -1.79. The first-order valence-electron chi connectivity index (χ1n) is 13.5. The Balaban J connectivity index is 1.51. The van der Waals surface area contributed by atoms with E-state index in [-0.39, 0.29) is 30.1 Å². The van der Waals surface area contributed by atoms with E-state index in [0.717, 1.165) is 12.1 Å². The average molecular weight is 613 g/mol. The van der Waals surface area contributed by atoms with Gasteiger partial charge in [0.15, 0.2) is 29.7 Å². The number of hydrogen-bond acceptors (Lipinski definition) is 15. The third-order valence-electron chi connectivity index (χ3n) is 7.41. The number of ketones is 1. The minimum Gasteiger partial charge on any atom is -0.507 e. The molecule has 238 valence electrons. The molecule has 0 aromatic heterocycles. The van der Waals surface area contributed by atoms with Crippen LogP contribution >= 0.6 is 0 Å². The molecule has 0 radical (unpaired) electrons. The van der Waals surface area contributed by atoms with Crippen molar-refractivity contribution >= 4 is 5.78 Å². The highest BCUT2D eigenvalue weighted by molar-refractivity contribution is 6.01. The zero-order chi connectivity index (χ0) is 31.6. The van der Waals surface area contributed by atoms with Crippen molar-refractivity contribution in [2.45, 2.75) is 81.2 Å². The molecule has 43 heavy (non-hydrogen) atoms. The molecule has 2 aliphatic heterocycles. The molecule has 15 nitrogen and oxygen atoms in total. The first-order chi connectivity index (χ1) is 20.4. The monoisotopic (exact) mass is 612 g/mol. The fourth-order valence-electron chi connectivity index (χ4n) is 4.93. The number of carbonyl (C=O) groups is 1. The number of carbonyl (C=O) groups excluding carboxylic acids is 1. The van der Waals surface area contributed by atoms with E-state index in [2.05, 4.69) is 0 Å². The van der Waals surface area contributed by atoms with Gasteiger partial charge >= 0.3 is 0 Å². The molecule has 0 saturated carbocycles. The molecule has 4 unspecified atom stereocenters. The highest BCUT2D eigenvalue weighted by Gasteiger charge is 2.51. The highest BCUT2D eigenvalue weighted by atomic mass is 16.8. The summed E-state index contributed by atoms with van der Waals surface area (Å²) in [5.74, 6) is -2.04. The van der Waals surface area contributed by atoms with E-state index >= 15 is 0 Å². The third kappa shape index (κ3) is 6.95. The summed E-state index contributed by atoms with van der Waals surface area (Å²) in [4.78, 5) is 12.9. The topological polar surface area (TPSA) is 245 Å². The Kier molecular flexibility index (Phi) is 10.3. The first-order valence-corrected chi connectivity index (χ1v) is 13.5. The van der Waals surface area contributed by atoms with E-state index < -0.39 is 90.9 Å². The molecule has 2 fully saturated rings. The first kappa shape index (κ1) is 32.7. The van der Waals surface area contributed by atoms with E-state index in [1.54, 1.807) is 6.07 Å². The van der Waals surface area contributed by atoms with Crippen molar-refractivity contribution in [3.8, 4) is 28.7 Å². The summed E-state index contributed by atoms with van der Waals surface area (Å²) in [6.45, 7) is 0.662. The molecule has 2 aliphatic rings. The van der Waals surface area contributed by atoms with Crippen LogP contribution < -0.4 is 9.47 Å². The largest absolute Gasteiger partial charge is 0.507 e. The Bertz CT molecular complexity index is 1250. The van der Waals surface area contributed by atoms with Crippen LogP contribution in [0.2, 0.25) is 0 Å². The maximum absolute atomic E-state index is 12.9. The standard InChI is InChI=1S/C28H36O15/c1-11-21(34)23(36)25(38)27(40-11)43-26-24(37)22(35)19(10-29)42-28(26)41-13-8-16(32)20(17(33)9-13)14(30)5-3-12-4-6-18(39-2)15(31)7-12/h4,6-9,11,19,21-29,31-38H,3,5,10H2,1-2H3/t11?,19?,21-,22+,23-,24-,25?,26?,27-,28+/m0/s1. The van der Waals surface area contributed by atoms with Gasteiger partial charge in [0.05, 0.1) is 19.8 Å². The van der Waals surface area contributed by atoms with Crippen LogP contribution in [0.25, 0.3) is 0 Å². The van der Waals surface area contributed by atoms with Gasteiger partial charge in [0, 0.05) is 18.6 Å². The van der Waals surface area contributed by atoms with Crippen LogP contribution in [0.1, 0.15) is 29.3 Å². The highest BCUT2D eigenvalue weighted by Crippen LogP contribution is 2.37. The predicted molar refractivity (Wildman–Crippen MR) is 143 cm³/mol. The number of aliphatic hydroxyl groups is 6. The van der Waals surface area contributed by atoms with Gasteiger partial charge in [-0.2, -0.15) is 0 Å². The molecule has 2 saturated heterocycles. The molecule has 10 atom stereocenters. The fourth-order valence-corrected chi connectivity index (χ4v) is 4.93. The molecule has 0 amide bonds. The minimum absolute atomic E-state index is 0.110. The lowest BCUT2D eigenvalue weighted by Crippen LogP contribution is -2.64. The molecular formula is C28H36O15. The molecule has 0 bridgehead atoms. The smallest absolute Gasteiger partial charge is 0.229 e.